The highest BCUT2D eigenvalue weighted by atomic mass is 19.1. The summed E-state index contributed by atoms with van der Waals surface area (Å²) in [5, 5.41) is 0. The highest BCUT2D eigenvalue weighted by molar-refractivity contribution is 5.21. The van der Waals surface area contributed by atoms with E-state index in [2.05, 4.69) is 32.6 Å². The molecule has 108 valence electrons. The molecule has 1 unspecified atom stereocenters. The van der Waals surface area contributed by atoms with E-state index in [1.54, 1.807) is 12.1 Å². The number of benzene rings is 1. The zero-order chi connectivity index (χ0) is 14.5. The number of hydrogen-bond acceptors (Lipinski definition) is 2. The fourth-order valence-corrected chi connectivity index (χ4v) is 2.48. The van der Waals surface area contributed by atoms with Crippen LogP contribution in [0.5, 0.6) is 0 Å². The highest BCUT2D eigenvalue weighted by Crippen LogP contribution is 2.29. The van der Waals surface area contributed by atoms with E-state index < -0.39 is 0 Å². The molecule has 0 fully saturated rings. The molecular formula is C16H27FN2. The summed E-state index contributed by atoms with van der Waals surface area (Å²) in [4.78, 5) is 2.32. The highest BCUT2D eigenvalue weighted by Gasteiger charge is 2.26. The molecule has 1 aromatic rings. The molecule has 0 heterocycles. The molecule has 0 amide bonds. The molecule has 1 rings (SSSR count). The first-order valence-electron chi connectivity index (χ1n) is 7.13. The maximum absolute atomic E-state index is 14.0. The van der Waals surface area contributed by atoms with Gasteiger partial charge in [-0.25, -0.2) is 4.39 Å². The number of nitrogens with zero attached hydrogens (tertiary/aromatic N) is 1. The van der Waals surface area contributed by atoms with Gasteiger partial charge in [0.1, 0.15) is 5.82 Å². The van der Waals surface area contributed by atoms with E-state index in [4.69, 9.17) is 5.73 Å². The van der Waals surface area contributed by atoms with Crippen LogP contribution in [0, 0.1) is 11.2 Å². The topological polar surface area (TPSA) is 29.3 Å². The lowest BCUT2D eigenvalue weighted by Crippen LogP contribution is -2.40. The van der Waals surface area contributed by atoms with E-state index in [0.29, 0.717) is 6.54 Å². The molecule has 2 N–H and O–H groups in total. The summed E-state index contributed by atoms with van der Waals surface area (Å²) in [6.45, 7) is 11.0. The van der Waals surface area contributed by atoms with Crippen molar-refractivity contribution in [2.45, 2.75) is 40.2 Å². The summed E-state index contributed by atoms with van der Waals surface area (Å²) in [6, 6.07) is 7.20. The van der Waals surface area contributed by atoms with Crippen LogP contribution in [0.2, 0.25) is 0 Å². The van der Waals surface area contributed by atoms with Crippen molar-refractivity contribution >= 4 is 0 Å². The van der Waals surface area contributed by atoms with Crippen molar-refractivity contribution in [2.24, 2.45) is 11.1 Å². The standard InChI is InChI=1S/C16H27FN2/c1-5-15(13-9-7-8-10-14(13)17)19(6-2)12-16(3,4)11-18/h7-10,15H,5-6,11-12,18H2,1-4H3. The van der Waals surface area contributed by atoms with Gasteiger partial charge in [-0.15, -0.1) is 0 Å². The molecule has 1 aromatic carbocycles. The third kappa shape index (κ3) is 4.29. The van der Waals surface area contributed by atoms with Gasteiger partial charge in [-0.2, -0.15) is 0 Å². The minimum Gasteiger partial charge on any atom is -0.330 e. The Morgan fingerprint density at radius 3 is 2.37 bits per heavy atom. The van der Waals surface area contributed by atoms with Gasteiger partial charge in [0.25, 0.3) is 0 Å². The lowest BCUT2D eigenvalue weighted by atomic mass is 9.91. The monoisotopic (exact) mass is 266 g/mol. The predicted molar refractivity (Wildman–Crippen MR) is 79.5 cm³/mol. The van der Waals surface area contributed by atoms with E-state index in [-0.39, 0.29) is 17.3 Å². The van der Waals surface area contributed by atoms with E-state index in [1.807, 2.05) is 12.1 Å². The maximum Gasteiger partial charge on any atom is 0.127 e. The zero-order valence-electron chi connectivity index (χ0n) is 12.6. The van der Waals surface area contributed by atoms with Crippen LogP contribution in [0.15, 0.2) is 24.3 Å². The Labute approximate surface area is 116 Å². The molecular weight excluding hydrogens is 239 g/mol. The van der Waals surface area contributed by atoms with Crippen LogP contribution in [0.25, 0.3) is 0 Å². The van der Waals surface area contributed by atoms with Crippen molar-refractivity contribution in [3.8, 4) is 0 Å². The average molecular weight is 266 g/mol. The zero-order valence-corrected chi connectivity index (χ0v) is 12.6. The van der Waals surface area contributed by atoms with Gasteiger partial charge in [-0.1, -0.05) is 45.9 Å². The lowest BCUT2D eigenvalue weighted by molar-refractivity contribution is 0.133. The van der Waals surface area contributed by atoms with Crippen molar-refractivity contribution in [3.05, 3.63) is 35.6 Å². The second-order valence-electron chi connectivity index (χ2n) is 5.88. The van der Waals surface area contributed by atoms with Gasteiger partial charge < -0.3 is 5.73 Å². The smallest absolute Gasteiger partial charge is 0.127 e. The quantitative estimate of drug-likeness (QED) is 0.817. The Bertz CT molecular complexity index is 390. The minimum absolute atomic E-state index is 0.0503. The summed E-state index contributed by atoms with van der Waals surface area (Å²) in [5.74, 6) is -0.113. The van der Waals surface area contributed by atoms with Gasteiger partial charge in [0.2, 0.25) is 0 Å². The van der Waals surface area contributed by atoms with E-state index in [0.717, 1.165) is 25.1 Å². The van der Waals surface area contributed by atoms with Crippen LogP contribution in [0.4, 0.5) is 4.39 Å². The summed E-state index contributed by atoms with van der Waals surface area (Å²) in [7, 11) is 0. The summed E-state index contributed by atoms with van der Waals surface area (Å²) in [6.07, 6.45) is 0.898. The number of nitrogens with two attached hydrogens (primary N) is 1. The van der Waals surface area contributed by atoms with Gasteiger partial charge >= 0.3 is 0 Å². The maximum atomic E-state index is 14.0. The predicted octanol–water partition coefficient (Wildman–Crippen LogP) is 3.58. The Kier molecular flexibility index (Phi) is 5.95. The van der Waals surface area contributed by atoms with Crippen LogP contribution in [0.3, 0.4) is 0 Å². The molecule has 0 saturated carbocycles. The van der Waals surface area contributed by atoms with E-state index in [9.17, 15) is 4.39 Å². The van der Waals surface area contributed by atoms with E-state index in [1.165, 1.54) is 0 Å². The fourth-order valence-electron chi connectivity index (χ4n) is 2.48. The molecule has 3 heteroatoms. The Balaban J connectivity index is 2.97. The van der Waals surface area contributed by atoms with Gasteiger partial charge in [0.15, 0.2) is 0 Å². The largest absolute Gasteiger partial charge is 0.330 e. The fraction of sp³-hybridized carbons (Fsp3) is 0.625. The lowest BCUT2D eigenvalue weighted by Gasteiger charge is -2.36. The molecule has 0 bridgehead atoms. The van der Waals surface area contributed by atoms with Gasteiger partial charge in [-0.05, 0) is 31.0 Å². The SMILES string of the molecule is CCC(c1ccccc1F)N(CC)CC(C)(C)CN. The molecule has 0 aromatic heterocycles. The normalized spacial score (nSPS) is 13.8. The van der Waals surface area contributed by atoms with Crippen molar-refractivity contribution in [2.75, 3.05) is 19.6 Å². The molecule has 0 aliphatic rings. The van der Waals surface area contributed by atoms with Gasteiger partial charge in [-0.3, -0.25) is 4.90 Å². The Hall–Kier alpha value is -0.930. The van der Waals surface area contributed by atoms with Crippen LogP contribution >= 0.6 is 0 Å². The van der Waals surface area contributed by atoms with Crippen molar-refractivity contribution in [3.63, 3.8) is 0 Å². The number of halogens is 1. The minimum atomic E-state index is -0.113. The molecule has 0 spiro atoms. The number of hydrogen-bond donors (Lipinski definition) is 1. The summed E-state index contributed by atoms with van der Waals surface area (Å²) in [5.41, 5.74) is 6.66. The number of rotatable bonds is 7. The van der Waals surface area contributed by atoms with Crippen LogP contribution in [-0.4, -0.2) is 24.5 Å². The average Bonchev–Trinajstić information content (AvgIpc) is 2.40. The van der Waals surface area contributed by atoms with Crippen molar-refractivity contribution in [1.29, 1.82) is 0 Å². The van der Waals surface area contributed by atoms with Crippen LogP contribution in [0.1, 0.15) is 45.7 Å². The Morgan fingerprint density at radius 2 is 1.89 bits per heavy atom. The summed E-state index contributed by atoms with van der Waals surface area (Å²) < 4.78 is 14.0. The molecule has 0 aliphatic heterocycles. The van der Waals surface area contributed by atoms with Crippen LogP contribution in [-0.2, 0) is 0 Å². The molecule has 19 heavy (non-hydrogen) atoms. The van der Waals surface area contributed by atoms with Gasteiger partial charge in [0.05, 0.1) is 0 Å². The second-order valence-corrected chi connectivity index (χ2v) is 5.88. The first-order valence-corrected chi connectivity index (χ1v) is 7.13. The van der Waals surface area contributed by atoms with E-state index >= 15 is 0 Å². The second kappa shape index (κ2) is 7.01. The van der Waals surface area contributed by atoms with Crippen molar-refractivity contribution in [1.82, 2.24) is 4.90 Å². The first kappa shape index (κ1) is 16.1. The molecule has 0 aliphatic carbocycles. The van der Waals surface area contributed by atoms with Gasteiger partial charge in [0, 0.05) is 18.2 Å². The van der Waals surface area contributed by atoms with Crippen molar-refractivity contribution < 1.29 is 4.39 Å². The molecule has 0 radical (unpaired) electrons. The first-order chi connectivity index (χ1) is 8.95. The third-order valence-electron chi connectivity index (χ3n) is 3.68. The molecule has 2 nitrogen and oxygen atoms in total. The Morgan fingerprint density at radius 1 is 1.26 bits per heavy atom. The summed E-state index contributed by atoms with van der Waals surface area (Å²) >= 11 is 0. The van der Waals surface area contributed by atoms with Crippen LogP contribution < -0.4 is 5.73 Å². The third-order valence-corrected chi connectivity index (χ3v) is 3.68. The molecule has 1 atom stereocenters. The molecule has 0 saturated heterocycles.